The second kappa shape index (κ2) is 6.51. The van der Waals surface area contributed by atoms with E-state index in [2.05, 4.69) is 10.6 Å². The predicted molar refractivity (Wildman–Crippen MR) is 80.1 cm³/mol. The molecule has 0 unspecified atom stereocenters. The van der Waals surface area contributed by atoms with Gasteiger partial charge in [-0.15, -0.1) is 0 Å². The normalized spacial score (nSPS) is 11.0. The van der Waals surface area contributed by atoms with E-state index < -0.39 is 23.2 Å². The minimum atomic E-state index is -4.62. The molecule has 0 aliphatic heterocycles. The van der Waals surface area contributed by atoms with Crippen molar-refractivity contribution in [2.75, 3.05) is 10.6 Å². The summed E-state index contributed by atoms with van der Waals surface area (Å²) in [7, 11) is 0. The van der Waals surface area contributed by atoms with Gasteiger partial charge in [-0.25, -0.2) is 0 Å². The fourth-order valence-electron chi connectivity index (χ4n) is 2.00. The number of nitrogens with one attached hydrogen (secondary N) is 2. The molecule has 2 rings (SSSR count). The molecule has 0 saturated carbocycles. The monoisotopic (exact) mass is 322 g/mol. The standard InChI is InChI=1S/C16H13F3N2O2/c1-10(22)20-11-5-4-6-12(9-11)21-15(23)13-7-2-3-8-14(13)16(17,18)19/h2-9H,1H3,(H,20,22)(H,21,23). The molecule has 2 aromatic rings. The summed E-state index contributed by atoms with van der Waals surface area (Å²) in [6.45, 7) is 1.32. The van der Waals surface area contributed by atoms with Crippen molar-refractivity contribution < 1.29 is 22.8 Å². The molecule has 0 radical (unpaired) electrons. The quantitative estimate of drug-likeness (QED) is 0.900. The van der Waals surface area contributed by atoms with Crippen LogP contribution in [0.3, 0.4) is 0 Å². The Bertz CT molecular complexity index is 742. The maximum atomic E-state index is 12.9. The molecule has 0 atom stereocenters. The molecule has 2 aromatic carbocycles. The molecular formula is C16H13F3N2O2. The fourth-order valence-corrected chi connectivity index (χ4v) is 2.00. The number of rotatable bonds is 3. The van der Waals surface area contributed by atoms with Crippen LogP contribution in [-0.2, 0) is 11.0 Å². The van der Waals surface area contributed by atoms with E-state index in [0.29, 0.717) is 5.69 Å². The van der Waals surface area contributed by atoms with E-state index in [1.165, 1.54) is 31.2 Å². The zero-order valence-corrected chi connectivity index (χ0v) is 12.1. The Labute approximate surface area is 130 Å². The third kappa shape index (κ3) is 4.32. The number of alkyl halides is 3. The Morgan fingerprint density at radius 1 is 0.913 bits per heavy atom. The SMILES string of the molecule is CC(=O)Nc1cccc(NC(=O)c2ccccc2C(F)(F)F)c1. The van der Waals surface area contributed by atoms with Crippen LogP contribution in [0.5, 0.6) is 0 Å². The van der Waals surface area contributed by atoms with Gasteiger partial charge in [-0.05, 0) is 30.3 Å². The summed E-state index contributed by atoms with van der Waals surface area (Å²) in [5.74, 6) is -1.17. The van der Waals surface area contributed by atoms with Gasteiger partial charge in [0.05, 0.1) is 11.1 Å². The summed E-state index contributed by atoms with van der Waals surface area (Å²) in [5, 5.41) is 4.92. The van der Waals surface area contributed by atoms with Gasteiger partial charge < -0.3 is 10.6 Å². The Hall–Kier alpha value is -2.83. The first kappa shape index (κ1) is 16.5. The van der Waals surface area contributed by atoms with Gasteiger partial charge in [-0.3, -0.25) is 9.59 Å². The van der Waals surface area contributed by atoms with E-state index in [4.69, 9.17) is 0 Å². The van der Waals surface area contributed by atoms with Crippen molar-refractivity contribution >= 4 is 23.2 Å². The molecule has 0 fully saturated rings. The summed E-state index contributed by atoms with van der Waals surface area (Å²) >= 11 is 0. The van der Waals surface area contributed by atoms with Crippen molar-refractivity contribution in [2.45, 2.75) is 13.1 Å². The summed E-state index contributed by atoms with van der Waals surface area (Å²) in [6, 6.07) is 10.7. The van der Waals surface area contributed by atoms with Gasteiger partial charge in [0.2, 0.25) is 5.91 Å². The van der Waals surface area contributed by atoms with Crippen LogP contribution < -0.4 is 10.6 Å². The number of hydrogen-bond donors (Lipinski definition) is 2. The van der Waals surface area contributed by atoms with Crippen LogP contribution in [0.2, 0.25) is 0 Å². The Morgan fingerprint density at radius 3 is 2.13 bits per heavy atom. The third-order valence-corrected chi connectivity index (χ3v) is 2.92. The zero-order chi connectivity index (χ0) is 17.0. The number of anilines is 2. The van der Waals surface area contributed by atoms with Gasteiger partial charge in [0.15, 0.2) is 0 Å². The maximum Gasteiger partial charge on any atom is 0.417 e. The van der Waals surface area contributed by atoms with Crippen molar-refractivity contribution in [3.05, 3.63) is 59.7 Å². The van der Waals surface area contributed by atoms with Crippen LogP contribution in [0.4, 0.5) is 24.5 Å². The van der Waals surface area contributed by atoms with Crippen molar-refractivity contribution in [3.63, 3.8) is 0 Å². The Kier molecular flexibility index (Phi) is 4.68. The van der Waals surface area contributed by atoms with Crippen LogP contribution in [-0.4, -0.2) is 11.8 Å². The lowest BCUT2D eigenvalue weighted by molar-refractivity contribution is -0.137. The topological polar surface area (TPSA) is 58.2 Å². The molecule has 0 heterocycles. The van der Waals surface area contributed by atoms with Gasteiger partial charge in [0.25, 0.3) is 5.91 Å². The largest absolute Gasteiger partial charge is 0.417 e. The molecule has 2 amide bonds. The molecular weight excluding hydrogens is 309 g/mol. The lowest BCUT2D eigenvalue weighted by Crippen LogP contribution is -2.18. The average Bonchev–Trinajstić information content (AvgIpc) is 2.46. The third-order valence-electron chi connectivity index (χ3n) is 2.92. The van der Waals surface area contributed by atoms with Crippen molar-refractivity contribution in [1.29, 1.82) is 0 Å². The number of carbonyl (C=O) groups excluding carboxylic acids is 2. The highest BCUT2D eigenvalue weighted by atomic mass is 19.4. The first-order valence-electron chi connectivity index (χ1n) is 6.62. The number of halogens is 3. The van der Waals surface area contributed by atoms with E-state index in [0.717, 1.165) is 12.1 Å². The lowest BCUT2D eigenvalue weighted by atomic mass is 10.1. The molecule has 0 aromatic heterocycles. The number of hydrogen-bond acceptors (Lipinski definition) is 2. The highest BCUT2D eigenvalue weighted by Gasteiger charge is 2.34. The molecule has 0 aliphatic carbocycles. The second-order valence-corrected chi connectivity index (χ2v) is 4.76. The molecule has 4 nitrogen and oxygen atoms in total. The molecule has 2 N–H and O–H groups in total. The molecule has 23 heavy (non-hydrogen) atoms. The van der Waals surface area contributed by atoms with Gasteiger partial charge in [-0.2, -0.15) is 13.2 Å². The van der Waals surface area contributed by atoms with Gasteiger partial charge in [-0.1, -0.05) is 18.2 Å². The van der Waals surface area contributed by atoms with Crippen LogP contribution in [0.1, 0.15) is 22.8 Å². The van der Waals surface area contributed by atoms with E-state index >= 15 is 0 Å². The summed E-state index contributed by atoms with van der Waals surface area (Å²) in [6.07, 6.45) is -4.62. The zero-order valence-electron chi connectivity index (χ0n) is 12.1. The van der Waals surface area contributed by atoms with Crippen LogP contribution in [0.25, 0.3) is 0 Å². The predicted octanol–water partition coefficient (Wildman–Crippen LogP) is 3.92. The number of carbonyl (C=O) groups is 2. The number of benzene rings is 2. The van der Waals surface area contributed by atoms with Crippen LogP contribution >= 0.6 is 0 Å². The molecule has 0 spiro atoms. The Balaban J connectivity index is 2.25. The minimum absolute atomic E-state index is 0.276. The van der Waals surface area contributed by atoms with Crippen molar-refractivity contribution in [2.24, 2.45) is 0 Å². The highest BCUT2D eigenvalue weighted by Crippen LogP contribution is 2.32. The molecule has 0 saturated heterocycles. The van der Waals surface area contributed by atoms with Gasteiger partial charge >= 0.3 is 6.18 Å². The highest BCUT2D eigenvalue weighted by molar-refractivity contribution is 6.05. The Morgan fingerprint density at radius 2 is 1.52 bits per heavy atom. The fraction of sp³-hybridized carbons (Fsp3) is 0.125. The minimum Gasteiger partial charge on any atom is -0.326 e. The molecule has 0 aliphatic rings. The summed E-state index contributed by atoms with van der Waals surface area (Å²) < 4.78 is 38.8. The number of amides is 2. The van der Waals surface area contributed by atoms with Crippen LogP contribution in [0.15, 0.2) is 48.5 Å². The molecule has 120 valence electrons. The van der Waals surface area contributed by atoms with Crippen LogP contribution in [0, 0.1) is 0 Å². The van der Waals surface area contributed by atoms with Crippen molar-refractivity contribution in [1.82, 2.24) is 0 Å². The van der Waals surface area contributed by atoms with E-state index in [-0.39, 0.29) is 11.6 Å². The summed E-state index contributed by atoms with van der Waals surface area (Å²) in [4.78, 5) is 23.1. The second-order valence-electron chi connectivity index (χ2n) is 4.76. The first-order valence-corrected chi connectivity index (χ1v) is 6.62. The van der Waals surface area contributed by atoms with E-state index in [1.807, 2.05) is 0 Å². The first-order chi connectivity index (χ1) is 10.8. The smallest absolute Gasteiger partial charge is 0.326 e. The summed E-state index contributed by atoms with van der Waals surface area (Å²) in [5.41, 5.74) is -0.766. The van der Waals surface area contributed by atoms with Crippen molar-refractivity contribution in [3.8, 4) is 0 Å². The van der Waals surface area contributed by atoms with E-state index in [9.17, 15) is 22.8 Å². The molecule has 0 bridgehead atoms. The van der Waals surface area contributed by atoms with Gasteiger partial charge in [0.1, 0.15) is 0 Å². The molecule has 7 heteroatoms. The van der Waals surface area contributed by atoms with Gasteiger partial charge in [0, 0.05) is 18.3 Å². The lowest BCUT2D eigenvalue weighted by Gasteiger charge is -2.13. The average molecular weight is 322 g/mol. The van der Waals surface area contributed by atoms with E-state index in [1.54, 1.807) is 12.1 Å². The maximum absolute atomic E-state index is 12.9.